The van der Waals surface area contributed by atoms with Gasteiger partial charge < -0.3 is 38.5 Å². The molecule has 1 aliphatic heterocycles. The third-order valence-corrected chi connectivity index (χ3v) is 10.5. The summed E-state index contributed by atoms with van der Waals surface area (Å²) in [6.45, 7) is 1.88. The Labute approximate surface area is 315 Å². The zero-order valence-corrected chi connectivity index (χ0v) is 31.7. The third-order valence-electron chi connectivity index (χ3n) is 9.26. The molecule has 1 aliphatic rings. The van der Waals surface area contributed by atoms with Gasteiger partial charge >= 0.3 is 16.1 Å². The molecule has 5 rings (SSSR count). The molecule has 1 fully saturated rings. The average molecular weight is 763 g/mol. The lowest BCUT2D eigenvalue weighted by Gasteiger charge is -2.38. The van der Waals surface area contributed by atoms with Crippen molar-refractivity contribution in [3.8, 4) is 34.5 Å². The van der Waals surface area contributed by atoms with E-state index in [2.05, 4.69) is 12.4 Å². The van der Waals surface area contributed by atoms with Crippen LogP contribution in [-0.2, 0) is 27.9 Å². The van der Waals surface area contributed by atoms with E-state index in [0.29, 0.717) is 52.5 Å². The highest BCUT2D eigenvalue weighted by atomic mass is 32.2. The van der Waals surface area contributed by atoms with Gasteiger partial charge in [-0.15, -0.1) is 0 Å². The molecule has 0 spiro atoms. The van der Waals surface area contributed by atoms with Crippen molar-refractivity contribution < 1.29 is 55.3 Å². The summed E-state index contributed by atoms with van der Waals surface area (Å²) >= 11 is 0. The number of benzene rings is 4. The van der Waals surface area contributed by atoms with Crippen molar-refractivity contribution in [1.82, 2.24) is 0 Å². The van der Waals surface area contributed by atoms with E-state index in [0.717, 1.165) is 24.2 Å². The molecule has 0 bridgehead atoms. The number of hydrogen-bond donors (Lipinski definition) is 3. The molecule has 0 aliphatic carbocycles. The Kier molecular flexibility index (Phi) is 12.3. The second-order valence-electron chi connectivity index (χ2n) is 13.2. The van der Waals surface area contributed by atoms with Crippen LogP contribution in [-0.4, -0.2) is 94.9 Å². The predicted octanol–water partition coefficient (Wildman–Crippen LogP) is 4.72. The molecular weight excluding hydrogens is 717 g/mol. The molecule has 2 atom stereocenters. The molecule has 286 valence electrons. The Morgan fingerprint density at radius 3 is 2.04 bits per heavy atom. The number of amides is 3. The molecule has 15 heteroatoms. The lowest BCUT2D eigenvalue weighted by molar-refractivity contribution is -0.918. The predicted molar refractivity (Wildman–Crippen MR) is 201 cm³/mol. The van der Waals surface area contributed by atoms with Crippen LogP contribution in [0.1, 0.15) is 24.0 Å². The van der Waals surface area contributed by atoms with Crippen LogP contribution in [0.25, 0.3) is 0 Å². The molecule has 3 amide bonds. The Morgan fingerprint density at radius 2 is 1.43 bits per heavy atom. The van der Waals surface area contributed by atoms with Crippen LogP contribution in [0.2, 0.25) is 0 Å². The van der Waals surface area contributed by atoms with Gasteiger partial charge in [0.25, 0.3) is 5.91 Å². The van der Waals surface area contributed by atoms with Crippen molar-refractivity contribution in [1.29, 1.82) is 0 Å². The molecular formula is C39H46N4O10S+2. The number of nitrogens with two attached hydrogens (primary N) is 1. The van der Waals surface area contributed by atoms with E-state index in [4.69, 9.17) is 28.9 Å². The lowest BCUT2D eigenvalue weighted by atomic mass is 10.0. The van der Waals surface area contributed by atoms with Crippen molar-refractivity contribution in [2.45, 2.75) is 36.7 Å². The summed E-state index contributed by atoms with van der Waals surface area (Å²) in [4.78, 5) is 27.3. The summed E-state index contributed by atoms with van der Waals surface area (Å²) in [5.41, 5.74) is 8.79. The Bertz CT molecular complexity index is 2120. The van der Waals surface area contributed by atoms with Crippen LogP contribution in [0.3, 0.4) is 0 Å². The van der Waals surface area contributed by atoms with Crippen molar-refractivity contribution >= 4 is 33.5 Å². The highest BCUT2D eigenvalue weighted by Crippen LogP contribution is 2.32. The Morgan fingerprint density at radius 1 is 0.833 bits per heavy atom. The van der Waals surface area contributed by atoms with Crippen LogP contribution in [0.5, 0.6) is 34.5 Å². The number of nitrogens with one attached hydrogen (secondary N) is 1. The van der Waals surface area contributed by atoms with E-state index in [-0.39, 0.29) is 28.6 Å². The number of nitrogens with zero attached hydrogens (tertiary/aromatic N) is 2. The van der Waals surface area contributed by atoms with Gasteiger partial charge in [-0.05, 0) is 72.3 Å². The number of likely N-dealkylation sites (tertiary alicyclic amines) is 1. The zero-order chi connectivity index (χ0) is 39.0. The molecule has 4 N–H and O–H groups in total. The molecule has 14 nitrogen and oxygen atoms in total. The number of aromatic hydroxyl groups is 1. The van der Waals surface area contributed by atoms with Gasteiger partial charge in [0.1, 0.15) is 40.9 Å². The first-order valence-electron chi connectivity index (χ1n) is 17.1. The van der Waals surface area contributed by atoms with E-state index in [9.17, 15) is 23.1 Å². The Hall–Kier alpha value is -5.80. The number of urea groups is 1. The molecule has 0 aromatic heterocycles. The first-order valence-corrected chi connectivity index (χ1v) is 18.5. The molecule has 1 heterocycles. The molecule has 54 heavy (non-hydrogen) atoms. The summed E-state index contributed by atoms with van der Waals surface area (Å²) in [5, 5.41) is 12.7. The van der Waals surface area contributed by atoms with Crippen molar-refractivity contribution in [2.75, 3.05) is 53.9 Å². The van der Waals surface area contributed by atoms with Gasteiger partial charge in [-0.2, -0.15) is 17.8 Å². The first kappa shape index (κ1) is 39.4. The highest BCUT2D eigenvalue weighted by Gasteiger charge is 2.39. The molecule has 0 radical (unpaired) electrons. The number of phenolic OH excluding ortho intramolecular Hbond substituents is 1. The number of carbonyl (C=O) groups excluding carboxylic acids is 2. The van der Waals surface area contributed by atoms with Gasteiger partial charge in [-0.1, -0.05) is 12.1 Å². The fraction of sp³-hybridized carbons (Fsp3) is 0.308. The number of primary amides is 1. The lowest BCUT2D eigenvalue weighted by Crippen LogP contribution is -2.56. The van der Waals surface area contributed by atoms with Gasteiger partial charge in [-0.3, -0.25) is 4.79 Å². The summed E-state index contributed by atoms with van der Waals surface area (Å²) in [5.74, 6) is 1.19. The minimum absolute atomic E-state index is 0.00636. The van der Waals surface area contributed by atoms with Crippen LogP contribution >= 0.6 is 0 Å². The Balaban J connectivity index is 1.43. The minimum atomic E-state index is -4.25. The van der Waals surface area contributed by atoms with E-state index < -0.39 is 28.1 Å². The normalized spacial score (nSPS) is 17.1. The van der Waals surface area contributed by atoms with E-state index in [1.165, 1.54) is 73.4 Å². The van der Waals surface area contributed by atoms with Crippen molar-refractivity contribution in [3.63, 3.8) is 0 Å². The fourth-order valence-corrected chi connectivity index (χ4v) is 7.57. The monoisotopic (exact) mass is 762 g/mol. The SMILES string of the molecule is COc1ccc(C[N+]2(C)CCC/C(=[N+](/C(=O)Nc3ccc(OS(=O)(=O)c4ccc(OC)c(OC)c4)cc3)[C@@H](Cc3ccc(O)cc3)C(N)=O)C2)cc1OC. The second kappa shape index (κ2) is 16.9. The maximum atomic E-state index is 14.3. The smallest absolute Gasteiger partial charge is 0.496 e. The maximum Gasteiger partial charge on any atom is 0.496 e. The number of carbonyl (C=O) groups is 2. The summed E-state index contributed by atoms with van der Waals surface area (Å²) < 4.78 is 54.8. The highest BCUT2D eigenvalue weighted by molar-refractivity contribution is 7.87. The summed E-state index contributed by atoms with van der Waals surface area (Å²) in [6, 6.07) is 20.4. The van der Waals surface area contributed by atoms with Crippen LogP contribution in [0.4, 0.5) is 10.5 Å². The van der Waals surface area contributed by atoms with Crippen LogP contribution in [0.15, 0.2) is 89.8 Å². The molecule has 0 saturated carbocycles. The zero-order valence-electron chi connectivity index (χ0n) is 30.9. The van der Waals surface area contributed by atoms with Crippen LogP contribution in [0, 0.1) is 0 Å². The average Bonchev–Trinajstić information content (AvgIpc) is 3.15. The maximum absolute atomic E-state index is 14.3. The standard InChI is InChI=1S/C39H44N4O10S/c1-43(24-27-10-18-34(49-2)36(22-27)51-4)20-6-7-29(25-43)42(33(38(40)45)21-26-8-13-30(44)14-9-26)39(46)41-28-11-15-31(16-12-28)53-54(47,48)32-17-19-35(50-3)37(23-32)52-5/h8-19,22-23,33H,6-7,20-21,24-25H2,1-5H3,(H2-2,40,41,44,45,46)/p+2/b42-29-/t33-,43?/m0/s1. The molecule has 1 saturated heterocycles. The van der Waals surface area contributed by atoms with Gasteiger partial charge in [0, 0.05) is 30.9 Å². The van der Waals surface area contributed by atoms with E-state index >= 15 is 0 Å². The summed E-state index contributed by atoms with van der Waals surface area (Å²) in [7, 11) is 3.86. The number of methoxy groups -OCH3 is 4. The fourth-order valence-electron chi connectivity index (χ4n) is 6.62. The quantitative estimate of drug-likeness (QED) is 0.0927. The number of piperidine rings is 1. The van der Waals surface area contributed by atoms with Crippen LogP contribution < -0.4 is 34.2 Å². The molecule has 4 aromatic carbocycles. The molecule has 1 unspecified atom stereocenters. The second-order valence-corrected chi connectivity index (χ2v) is 14.7. The van der Waals surface area contributed by atoms with E-state index in [1.54, 1.807) is 26.4 Å². The third kappa shape index (κ3) is 9.40. The van der Waals surface area contributed by atoms with Crippen molar-refractivity contribution in [2.24, 2.45) is 5.73 Å². The number of ether oxygens (including phenoxy) is 4. The van der Waals surface area contributed by atoms with Crippen molar-refractivity contribution in [3.05, 3.63) is 96.1 Å². The number of phenols is 1. The number of rotatable bonds is 14. The largest absolute Gasteiger partial charge is 0.508 e. The van der Waals surface area contributed by atoms with Gasteiger partial charge in [0.2, 0.25) is 0 Å². The van der Waals surface area contributed by atoms with Gasteiger partial charge in [-0.25, -0.2) is 5.32 Å². The summed E-state index contributed by atoms with van der Waals surface area (Å²) in [6.07, 6.45) is 1.40. The van der Waals surface area contributed by atoms with Gasteiger partial charge in [0.15, 0.2) is 29.0 Å². The topological polar surface area (TPSA) is 176 Å². The van der Waals surface area contributed by atoms with E-state index in [1.807, 2.05) is 18.2 Å². The number of quaternary nitrogens is 1. The number of hydrogen-bond acceptors (Lipinski definition) is 10. The first-order chi connectivity index (χ1) is 25.8. The number of anilines is 1. The van der Waals surface area contributed by atoms with Gasteiger partial charge in [0.05, 0.1) is 42.0 Å². The molecule has 4 aromatic rings. The minimum Gasteiger partial charge on any atom is -0.508 e.